The Morgan fingerprint density at radius 3 is 2.49 bits per heavy atom. The van der Waals surface area contributed by atoms with Crippen molar-refractivity contribution in [1.29, 1.82) is 0 Å². The van der Waals surface area contributed by atoms with E-state index in [-0.39, 0.29) is 61.4 Å². The molecule has 1 atom stereocenters. The molecule has 1 unspecified atom stereocenters. The molecule has 7 nitrogen and oxygen atoms in total. The van der Waals surface area contributed by atoms with Gasteiger partial charge in [-0.25, -0.2) is 13.2 Å². The molecule has 3 aromatic rings. The third-order valence-corrected chi connectivity index (χ3v) is 9.26. The first-order chi connectivity index (χ1) is 17.7. The van der Waals surface area contributed by atoms with Gasteiger partial charge in [-0.05, 0) is 61.4 Å². The van der Waals surface area contributed by atoms with Crippen molar-refractivity contribution in [1.82, 2.24) is 0 Å². The molecule has 0 spiro atoms. The van der Waals surface area contributed by atoms with Gasteiger partial charge in [0.1, 0.15) is 16.4 Å². The summed E-state index contributed by atoms with van der Waals surface area (Å²) in [7, 11) is -4.06. The minimum Gasteiger partial charge on any atom is -0.506 e. The van der Waals surface area contributed by atoms with E-state index in [1.54, 1.807) is 24.3 Å². The number of hydrogen-bond donors (Lipinski definition) is 2. The highest BCUT2D eigenvalue weighted by Gasteiger charge is 2.39. The van der Waals surface area contributed by atoms with Crippen LogP contribution in [0.3, 0.4) is 0 Å². The molecule has 10 heteroatoms. The zero-order chi connectivity index (χ0) is 26.3. The van der Waals surface area contributed by atoms with Crippen LogP contribution >= 0.6 is 23.2 Å². The van der Waals surface area contributed by atoms with E-state index in [9.17, 15) is 23.1 Å². The van der Waals surface area contributed by atoms with Crippen LogP contribution in [0.1, 0.15) is 71.7 Å². The van der Waals surface area contributed by atoms with Gasteiger partial charge in [-0.2, -0.15) is 0 Å². The molecule has 1 fully saturated rings. The molecule has 37 heavy (non-hydrogen) atoms. The maximum Gasteiger partial charge on any atom is 0.343 e. The number of carbonyl (C=O) groups is 1. The Hall–Kier alpha value is -2.81. The van der Waals surface area contributed by atoms with Crippen LogP contribution in [0.15, 0.2) is 56.6 Å². The van der Waals surface area contributed by atoms with Crippen LogP contribution in [0.25, 0.3) is 0 Å². The van der Waals surface area contributed by atoms with E-state index in [0.29, 0.717) is 12.0 Å². The molecule has 2 aliphatic carbocycles. The van der Waals surface area contributed by atoms with Gasteiger partial charge in [0.15, 0.2) is 5.78 Å². The Balaban J connectivity index is 1.56. The number of fused-ring (bicyclic) bond motifs is 1. The second-order valence-corrected chi connectivity index (χ2v) is 12.0. The van der Waals surface area contributed by atoms with E-state index >= 15 is 0 Å². The third kappa shape index (κ3) is 5.15. The predicted octanol–water partition coefficient (Wildman–Crippen LogP) is 6.29. The quantitative estimate of drug-likeness (QED) is 0.365. The molecule has 194 valence electrons. The molecule has 2 aromatic carbocycles. The highest BCUT2D eigenvalue weighted by Crippen LogP contribution is 2.49. The summed E-state index contributed by atoms with van der Waals surface area (Å²) < 4.78 is 34.2. The molecule has 5 rings (SSSR count). The molecule has 0 radical (unpaired) electrons. The Morgan fingerprint density at radius 1 is 1.00 bits per heavy atom. The number of Topliss-reactive ketones (excluding diaryl/α,β-unsaturated/α-hetero) is 1. The lowest BCUT2D eigenvalue weighted by molar-refractivity contribution is 0.0968. The number of sulfonamides is 1. The number of aryl methyl sites for hydroxylation is 1. The second-order valence-electron chi connectivity index (χ2n) is 9.53. The lowest BCUT2D eigenvalue weighted by atomic mass is 9.85. The summed E-state index contributed by atoms with van der Waals surface area (Å²) >= 11 is 12.1. The predicted molar refractivity (Wildman–Crippen MR) is 141 cm³/mol. The molecule has 1 heterocycles. The summed E-state index contributed by atoms with van der Waals surface area (Å²) in [6.07, 6.45) is 4.69. The second kappa shape index (κ2) is 10.2. The van der Waals surface area contributed by atoms with Gasteiger partial charge < -0.3 is 9.52 Å². The SMILES string of the molecule is O=C1CCCCCc2oc(=O)c(C(c3cccc(NS(=O)(=O)c4cccc(Cl)c4Cl)c3)C3CC3)c(O)c21. The monoisotopic (exact) mass is 561 g/mol. The van der Waals surface area contributed by atoms with Crippen molar-refractivity contribution in [2.75, 3.05) is 4.72 Å². The molecular weight excluding hydrogens is 537 g/mol. The maximum atomic E-state index is 13.2. The first-order valence-corrected chi connectivity index (χ1v) is 14.4. The van der Waals surface area contributed by atoms with E-state index in [1.807, 2.05) is 0 Å². The molecule has 1 aromatic heterocycles. The minimum absolute atomic E-state index is 0.0461. The number of anilines is 1. The van der Waals surface area contributed by atoms with Crippen LogP contribution < -0.4 is 10.3 Å². The molecule has 0 bridgehead atoms. The van der Waals surface area contributed by atoms with Crippen LogP contribution in [0.5, 0.6) is 5.75 Å². The first kappa shape index (κ1) is 25.8. The lowest BCUT2D eigenvalue weighted by Gasteiger charge is -2.21. The molecular formula is C27H25Cl2NO6S. The topological polar surface area (TPSA) is 114 Å². The van der Waals surface area contributed by atoms with Gasteiger partial charge in [-0.3, -0.25) is 9.52 Å². The third-order valence-electron chi connectivity index (χ3n) is 6.90. The van der Waals surface area contributed by atoms with Crippen LogP contribution in [0, 0.1) is 5.92 Å². The van der Waals surface area contributed by atoms with Crippen molar-refractivity contribution in [3.05, 3.63) is 85.4 Å². The Morgan fingerprint density at radius 2 is 1.73 bits per heavy atom. The van der Waals surface area contributed by atoms with E-state index in [2.05, 4.69) is 4.72 Å². The molecule has 0 aliphatic heterocycles. The van der Waals surface area contributed by atoms with Crippen LogP contribution in [-0.2, 0) is 16.4 Å². The fourth-order valence-corrected chi connectivity index (χ4v) is 6.81. The number of rotatable bonds is 6. The smallest absolute Gasteiger partial charge is 0.343 e. The highest BCUT2D eigenvalue weighted by molar-refractivity contribution is 7.92. The molecule has 0 saturated heterocycles. The van der Waals surface area contributed by atoms with Gasteiger partial charge in [-0.1, -0.05) is 47.8 Å². The van der Waals surface area contributed by atoms with Crippen molar-refractivity contribution < 1.29 is 22.7 Å². The number of nitrogens with one attached hydrogen (secondary N) is 1. The summed E-state index contributed by atoms with van der Waals surface area (Å²) in [5.74, 6) is -0.812. The first-order valence-electron chi connectivity index (χ1n) is 12.2. The summed E-state index contributed by atoms with van der Waals surface area (Å²) in [5.41, 5.74) is 0.366. The fourth-order valence-electron chi connectivity index (χ4n) is 4.99. The number of carbonyl (C=O) groups excluding carboxylic acids is 1. The zero-order valence-electron chi connectivity index (χ0n) is 19.8. The van der Waals surface area contributed by atoms with Crippen molar-refractivity contribution in [3.63, 3.8) is 0 Å². The Bertz CT molecular complexity index is 1540. The summed E-state index contributed by atoms with van der Waals surface area (Å²) in [5, 5.41) is 11.3. The van der Waals surface area contributed by atoms with Gasteiger partial charge in [0, 0.05) is 24.4 Å². The average molecular weight is 562 g/mol. The largest absolute Gasteiger partial charge is 0.506 e. The normalized spacial score (nSPS) is 17.0. The molecule has 2 N–H and O–H groups in total. The standard InChI is InChI=1S/C27H25Cl2NO6S/c28-18-8-5-11-21(25(18)29)37(34,35)30-17-7-4-6-16(14-17)22(15-12-13-15)24-26(32)23-19(31)9-2-1-3-10-20(23)36-27(24)33/h4-8,11,14-15,22,30,32H,1-3,9-10,12-13H2. The lowest BCUT2D eigenvalue weighted by Crippen LogP contribution is -2.21. The van der Waals surface area contributed by atoms with Crippen LogP contribution in [-0.4, -0.2) is 19.3 Å². The van der Waals surface area contributed by atoms with Crippen LogP contribution in [0.2, 0.25) is 10.0 Å². The summed E-state index contributed by atoms with van der Waals surface area (Å²) in [6, 6.07) is 11.0. The molecule has 2 aliphatic rings. The minimum atomic E-state index is -4.06. The molecule has 0 amide bonds. The summed E-state index contributed by atoms with van der Waals surface area (Å²) in [4.78, 5) is 25.9. The van der Waals surface area contributed by atoms with Gasteiger partial charge in [0.05, 0.1) is 21.2 Å². The Labute approximate surface area is 224 Å². The highest BCUT2D eigenvalue weighted by atomic mass is 35.5. The van der Waals surface area contributed by atoms with Gasteiger partial charge in [0.2, 0.25) is 0 Å². The maximum absolute atomic E-state index is 13.2. The van der Waals surface area contributed by atoms with Crippen molar-refractivity contribution in [3.8, 4) is 5.75 Å². The zero-order valence-corrected chi connectivity index (χ0v) is 22.1. The van der Waals surface area contributed by atoms with Crippen molar-refractivity contribution >= 4 is 44.7 Å². The number of benzene rings is 2. The summed E-state index contributed by atoms with van der Waals surface area (Å²) in [6.45, 7) is 0. The Kier molecular flexibility index (Phi) is 7.09. The number of aromatic hydroxyl groups is 1. The fraction of sp³-hybridized carbons (Fsp3) is 0.333. The van der Waals surface area contributed by atoms with Crippen LogP contribution in [0.4, 0.5) is 5.69 Å². The van der Waals surface area contributed by atoms with Crippen molar-refractivity contribution in [2.24, 2.45) is 5.92 Å². The van der Waals surface area contributed by atoms with Gasteiger partial charge >= 0.3 is 5.63 Å². The van der Waals surface area contributed by atoms with Gasteiger partial charge in [0.25, 0.3) is 10.0 Å². The van der Waals surface area contributed by atoms with E-state index in [1.165, 1.54) is 18.2 Å². The van der Waals surface area contributed by atoms with E-state index in [0.717, 1.165) is 32.1 Å². The number of ketones is 1. The van der Waals surface area contributed by atoms with Crippen molar-refractivity contribution in [2.45, 2.75) is 55.8 Å². The van der Waals surface area contributed by atoms with E-state index in [4.69, 9.17) is 27.6 Å². The van der Waals surface area contributed by atoms with Gasteiger partial charge in [-0.15, -0.1) is 0 Å². The molecule has 1 saturated carbocycles. The number of hydrogen-bond acceptors (Lipinski definition) is 6. The van der Waals surface area contributed by atoms with E-state index < -0.39 is 21.6 Å². The number of halogens is 2. The average Bonchev–Trinajstić information content (AvgIpc) is 3.66.